The van der Waals surface area contributed by atoms with E-state index < -0.39 is 0 Å². The summed E-state index contributed by atoms with van der Waals surface area (Å²) in [7, 11) is 0. The van der Waals surface area contributed by atoms with Crippen molar-refractivity contribution in [3.05, 3.63) is 42.5 Å². The summed E-state index contributed by atoms with van der Waals surface area (Å²) in [6, 6.07) is 13.0. The number of hydrogen-bond donors (Lipinski definition) is 0. The Kier molecular flexibility index (Phi) is 3.24. The summed E-state index contributed by atoms with van der Waals surface area (Å²) >= 11 is 0. The molecule has 3 heteroatoms. The molecule has 0 amide bonds. The average molecular weight is 193 g/mol. The minimum absolute atomic E-state index is 0. The van der Waals surface area contributed by atoms with Gasteiger partial charge in [-0.3, -0.25) is 0 Å². The zero-order valence-electron chi connectivity index (χ0n) is 7.07. The summed E-state index contributed by atoms with van der Waals surface area (Å²) in [5.74, 6) is 0.383. The molecule has 0 saturated heterocycles. The van der Waals surface area contributed by atoms with Gasteiger partial charge in [0.05, 0.1) is 0 Å². The maximum absolute atomic E-state index is 10.2. The fourth-order valence-electron chi connectivity index (χ4n) is 1.27. The molecule has 2 rings (SSSR count). The Labute approximate surface area is 79.7 Å². The van der Waals surface area contributed by atoms with Crippen molar-refractivity contribution >= 4 is 20.7 Å². The van der Waals surface area contributed by atoms with Gasteiger partial charge in [-0.1, -0.05) is 36.4 Å². The smallest absolute Gasteiger partial charge is 0.176 e. The lowest BCUT2D eigenvalue weighted by Gasteiger charge is -1.99. The van der Waals surface area contributed by atoms with E-state index in [4.69, 9.17) is 0 Å². The molecule has 67 valence electrons. The molecule has 2 aromatic rings. The minimum atomic E-state index is 0. The highest BCUT2D eigenvalue weighted by Gasteiger charge is 1.99. The van der Waals surface area contributed by atoms with Crippen LogP contribution in [-0.2, 0) is 5.26 Å². The van der Waals surface area contributed by atoms with Gasteiger partial charge in [0.25, 0.3) is 0 Å². The van der Waals surface area contributed by atoms with Crippen LogP contribution in [0.5, 0.6) is 5.75 Å². The first-order valence-electron chi connectivity index (χ1n) is 3.69. The quantitative estimate of drug-likeness (QED) is 0.389. The Morgan fingerprint density at radius 2 is 1.62 bits per heavy atom. The molecular formula is C10H10O2P. The second-order valence-electron chi connectivity index (χ2n) is 2.56. The SMILES string of the molecule is P.[O]Oc1cccc2ccccc12. The van der Waals surface area contributed by atoms with Crippen molar-refractivity contribution in [2.24, 2.45) is 0 Å². The van der Waals surface area contributed by atoms with Gasteiger partial charge in [-0.2, -0.15) is 9.90 Å². The number of fused-ring (bicyclic) bond motifs is 1. The van der Waals surface area contributed by atoms with Crippen LogP contribution in [0.1, 0.15) is 0 Å². The molecule has 1 atom stereocenters. The minimum Gasteiger partial charge on any atom is -0.305 e. The van der Waals surface area contributed by atoms with Crippen LogP contribution in [0.15, 0.2) is 42.5 Å². The predicted molar refractivity (Wildman–Crippen MR) is 56.4 cm³/mol. The van der Waals surface area contributed by atoms with Crippen molar-refractivity contribution in [1.82, 2.24) is 0 Å². The fourth-order valence-corrected chi connectivity index (χ4v) is 1.27. The van der Waals surface area contributed by atoms with Gasteiger partial charge in [-0.05, 0) is 11.5 Å². The number of hydrogen-bond acceptors (Lipinski definition) is 1. The van der Waals surface area contributed by atoms with E-state index in [1.807, 2.05) is 30.3 Å². The van der Waals surface area contributed by atoms with Gasteiger partial charge in [0.1, 0.15) is 0 Å². The van der Waals surface area contributed by atoms with Crippen molar-refractivity contribution in [2.75, 3.05) is 0 Å². The van der Waals surface area contributed by atoms with E-state index in [0.717, 1.165) is 10.8 Å². The van der Waals surface area contributed by atoms with Crippen LogP contribution in [0.4, 0.5) is 0 Å². The molecule has 0 aliphatic rings. The highest BCUT2D eigenvalue weighted by atomic mass is 31.0. The first-order chi connectivity index (χ1) is 5.92. The monoisotopic (exact) mass is 193 g/mol. The maximum Gasteiger partial charge on any atom is 0.176 e. The summed E-state index contributed by atoms with van der Waals surface area (Å²) in [5, 5.41) is 12.1. The van der Waals surface area contributed by atoms with Crippen molar-refractivity contribution in [3.63, 3.8) is 0 Å². The summed E-state index contributed by atoms with van der Waals surface area (Å²) in [6.07, 6.45) is 0. The topological polar surface area (TPSA) is 29.1 Å². The van der Waals surface area contributed by atoms with E-state index in [1.165, 1.54) is 0 Å². The Morgan fingerprint density at radius 1 is 0.923 bits per heavy atom. The van der Waals surface area contributed by atoms with Gasteiger partial charge in [-0.15, -0.1) is 0 Å². The van der Waals surface area contributed by atoms with Crippen molar-refractivity contribution in [3.8, 4) is 5.75 Å². The average Bonchev–Trinajstić information content (AvgIpc) is 2.17. The number of rotatable bonds is 1. The maximum atomic E-state index is 10.2. The van der Waals surface area contributed by atoms with Crippen molar-refractivity contribution in [1.29, 1.82) is 0 Å². The van der Waals surface area contributed by atoms with Crippen LogP contribution in [0.25, 0.3) is 10.8 Å². The Bertz CT molecular complexity index is 396. The van der Waals surface area contributed by atoms with Crippen LogP contribution in [-0.4, -0.2) is 0 Å². The molecule has 1 unspecified atom stereocenters. The zero-order chi connectivity index (χ0) is 8.39. The Hall–Kier alpha value is -1.11. The molecule has 1 radical (unpaired) electrons. The first-order valence-corrected chi connectivity index (χ1v) is 3.69. The number of benzene rings is 2. The summed E-state index contributed by atoms with van der Waals surface area (Å²) in [4.78, 5) is 3.98. The van der Waals surface area contributed by atoms with Gasteiger partial charge in [0, 0.05) is 10.6 Å². The largest absolute Gasteiger partial charge is 0.305 e. The third-order valence-corrected chi connectivity index (χ3v) is 1.84. The summed E-state index contributed by atoms with van der Waals surface area (Å²) in [6.45, 7) is 0. The van der Waals surface area contributed by atoms with Gasteiger partial charge < -0.3 is 4.89 Å². The van der Waals surface area contributed by atoms with Crippen LogP contribution in [0.2, 0.25) is 0 Å². The van der Waals surface area contributed by atoms with E-state index >= 15 is 0 Å². The van der Waals surface area contributed by atoms with Crippen molar-refractivity contribution < 1.29 is 10.1 Å². The highest BCUT2D eigenvalue weighted by molar-refractivity contribution is 6.92. The lowest BCUT2D eigenvalue weighted by atomic mass is 10.1. The van der Waals surface area contributed by atoms with E-state index in [1.54, 1.807) is 12.1 Å². The van der Waals surface area contributed by atoms with Gasteiger partial charge in [0.2, 0.25) is 0 Å². The molecule has 13 heavy (non-hydrogen) atoms. The molecule has 0 bridgehead atoms. The zero-order valence-corrected chi connectivity index (χ0v) is 8.48. The van der Waals surface area contributed by atoms with E-state index in [2.05, 4.69) is 4.89 Å². The third kappa shape index (κ3) is 1.80. The first kappa shape index (κ1) is 9.97. The van der Waals surface area contributed by atoms with Crippen LogP contribution in [0.3, 0.4) is 0 Å². The van der Waals surface area contributed by atoms with Crippen LogP contribution >= 0.6 is 9.90 Å². The highest BCUT2D eigenvalue weighted by Crippen LogP contribution is 2.24. The summed E-state index contributed by atoms with van der Waals surface area (Å²) in [5.41, 5.74) is 0. The van der Waals surface area contributed by atoms with Crippen LogP contribution < -0.4 is 4.89 Å². The molecule has 0 heterocycles. The van der Waals surface area contributed by atoms with E-state index in [9.17, 15) is 5.26 Å². The molecule has 0 saturated carbocycles. The molecule has 0 aliphatic carbocycles. The fraction of sp³-hybridized carbons (Fsp3) is 0. The van der Waals surface area contributed by atoms with Crippen LogP contribution in [0, 0.1) is 0 Å². The molecule has 2 nitrogen and oxygen atoms in total. The molecule has 0 spiro atoms. The molecule has 2 aromatic carbocycles. The normalized spacial score (nSPS) is 9.31. The molecule has 0 aliphatic heterocycles. The van der Waals surface area contributed by atoms with E-state index in [-0.39, 0.29) is 9.90 Å². The Balaban J connectivity index is 0.000000845. The van der Waals surface area contributed by atoms with Gasteiger partial charge >= 0.3 is 0 Å². The second kappa shape index (κ2) is 4.22. The van der Waals surface area contributed by atoms with Gasteiger partial charge in [-0.25, -0.2) is 0 Å². The second-order valence-corrected chi connectivity index (χ2v) is 2.56. The van der Waals surface area contributed by atoms with Crippen molar-refractivity contribution in [2.45, 2.75) is 0 Å². The molecule has 0 N–H and O–H groups in total. The van der Waals surface area contributed by atoms with Gasteiger partial charge in [0.15, 0.2) is 5.75 Å². The predicted octanol–water partition coefficient (Wildman–Crippen LogP) is 2.62. The standard InChI is InChI=1S/C10H7O2.H3P/c11-12-10-7-3-5-8-4-1-2-6-9(8)10;/h1-7H;1H3. The molecular weight excluding hydrogens is 183 g/mol. The lowest BCUT2D eigenvalue weighted by Crippen LogP contribution is -1.82. The summed E-state index contributed by atoms with van der Waals surface area (Å²) < 4.78 is 0. The van der Waals surface area contributed by atoms with E-state index in [0.29, 0.717) is 5.75 Å². The molecule has 0 fully saturated rings. The Morgan fingerprint density at radius 3 is 2.38 bits per heavy atom. The lowest BCUT2D eigenvalue weighted by molar-refractivity contribution is -0.207. The third-order valence-electron chi connectivity index (χ3n) is 1.84. The molecule has 0 aromatic heterocycles.